The molecule has 0 bridgehead atoms. The Morgan fingerprint density at radius 1 is 0.974 bits per heavy atom. The zero-order chi connectivity index (χ0) is 28.6. The third kappa shape index (κ3) is 8.42. The van der Waals surface area contributed by atoms with Crippen LogP contribution in [0.15, 0.2) is 72.8 Å². The number of amides is 2. The Balaban J connectivity index is 2.06. The van der Waals surface area contributed by atoms with E-state index < -0.39 is 40.2 Å². The lowest BCUT2D eigenvalue weighted by Crippen LogP contribution is -2.53. The van der Waals surface area contributed by atoms with Crippen LogP contribution in [-0.4, -0.2) is 50.5 Å². The van der Waals surface area contributed by atoms with Gasteiger partial charge >= 0.3 is 0 Å². The normalized spacial score (nSPS) is 12.0. The van der Waals surface area contributed by atoms with E-state index in [1.54, 1.807) is 6.07 Å². The summed E-state index contributed by atoms with van der Waals surface area (Å²) in [7, 11) is -3.97. The SMILES string of the molecule is CCCNC(=O)[C@H](Cc1ccccc1)N(Cc1ccccc1F)C(=O)CN(c1ccc(Cl)c(Cl)c1)S(C)(=O)=O. The highest BCUT2D eigenvalue weighted by Crippen LogP contribution is 2.29. The Morgan fingerprint density at radius 3 is 2.26 bits per heavy atom. The first-order valence-corrected chi connectivity index (χ1v) is 14.9. The minimum atomic E-state index is -3.97. The van der Waals surface area contributed by atoms with E-state index in [9.17, 15) is 22.4 Å². The van der Waals surface area contributed by atoms with Gasteiger partial charge in [-0.2, -0.15) is 0 Å². The average molecular weight is 595 g/mol. The summed E-state index contributed by atoms with van der Waals surface area (Å²) in [6.07, 6.45) is 1.77. The number of benzene rings is 3. The van der Waals surface area contributed by atoms with Gasteiger partial charge in [-0.05, 0) is 36.2 Å². The molecule has 0 aliphatic carbocycles. The molecule has 0 unspecified atom stereocenters. The Bertz CT molecular complexity index is 1410. The molecule has 3 aromatic carbocycles. The molecule has 3 aromatic rings. The van der Waals surface area contributed by atoms with Crippen molar-refractivity contribution in [1.29, 1.82) is 0 Å². The van der Waals surface area contributed by atoms with E-state index in [2.05, 4.69) is 5.32 Å². The molecule has 0 radical (unpaired) electrons. The molecule has 1 atom stereocenters. The lowest BCUT2D eigenvalue weighted by Gasteiger charge is -2.33. The van der Waals surface area contributed by atoms with Crippen molar-refractivity contribution in [3.05, 3.63) is 99.8 Å². The summed E-state index contributed by atoms with van der Waals surface area (Å²) in [5, 5.41) is 3.16. The molecule has 2 amide bonds. The second-order valence-electron chi connectivity index (χ2n) is 8.98. The van der Waals surface area contributed by atoms with E-state index in [0.717, 1.165) is 16.1 Å². The van der Waals surface area contributed by atoms with Gasteiger partial charge in [0.2, 0.25) is 21.8 Å². The maximum atomic E-state index is 14.7. The monoisotopic (exact) mass is 593 g/mol. The maximum Gasteiger partial charge on any atom is 0.244 e. The van der Waals surface area contributed by atoms with Crippen molar-refractivity contribution in [2.45, 2.75) is 32.4 Å². The highest BCUT2D eigenvalue weighted by Gasteiger charge is 2.33. The molecule has 0 spiro atoms. The number of anilines is 1. The fourth-order valence-electron chi connectivity index (χ4n) is 3.98. The van der Waals surface area contributed by atoms with E-state index in [1.807, 2.05) is 37.3 Å². The summed E-state index contributed by atoms with van der Waals surface area (Å²) in [5.41, 5.74) is 1.10. The molecule has 0 saturated heterocycles. The van der Waals surface area contributed by atoms with Crippen LogP contribution in [0.25, 0.3) is 0 Å². The average Bonchev–Trinajstić information content (AvgIpc) is 2.90. The Hall–Kier alpha value is -3.14. The molecule has 208 valence electrons. The minimum absolute atomic E-state index is 0.111. The number of halogens is 3. The van der Waals surface area contributed by atoms with Crippen LogP contribution in [0.5, 0.6) is 0 Å². The highest BCUT2D eigenvalue weighted by atomic mass is 35.5. The molecule has 0 fully saturated rings. The van der Waals surface area contributed by atoms with Gasteiger partial charge in [0.15, 0.2) is 0 Å². The topological polar surface area (TPSA) is 86.8 Å². The van der Waals surface area contributed by atoms with Crippen LogP contribution in [0, 0.1) is 5.82 Å². The van der Waals surface area contributed by atoms with Crippen molar-refractivity contribution >= 4 is 50.7 Å². The van der Waals surface area contributed by atoms with Gasteiger partial charge in [-0.1, -0.05) is 78.7 Å². The van der Waals surface area contributed by atoms with Gasteiger partial charge in [0.25, 0.3) is 0 Å². The van der Waals surface area contributed by atoms with Crippen molar-refractivity contribution in [2.75, 3.05) is 23.7 Å². The van der Waals surface area contributed by atoms with E-state index >= 15 is 0 Å². The molecule has 3 rings (SSSR count). The minimum Gasteiger partial charge on any atom is -0.354 e. The summed E-state index contributed by atoms with van der Waals surface area (Å²) in [4.78, 5) is 28.5. The number of hydrogen-bond acceptors (Lipinski definition) is 4. The predicted octanol–water partition coefficient (Wildman–Crippen LogP) is 5.06. The molecule has 1 N–H and O–H groups in total. The van der Waals surface area contributed by atoms with Gasteiger partial charge in [-0.25, -0.2) is 12.8 Å². The number of nitrogens with zero attached hydrogens (tertiary/aromatic N) is 2. The van der Waals surface area contributed by atoms with E-state index in [-0.39, 0.29) is 34.3 Å². The predicted molar refractivity (Wildman–Crippen MR) is 153 cm³/mol. The van der Waals surface area contributed by atoms with Crippen LogP contribution in [0.2, 0.25) is 10.0 Å². The summed E-state index contributed by atoms with van der Waals surface area (Å²) in [6, 6.07) is 18.2. The lowest BCUT2D eigenvalue weighted by atomic mass is 10.0. The summed E-state index contributed by atoms with van der Waals surface area (Å²) >= 11 is 12.1. The molecule has 0 saturated carbocycles. The van der Waals surface area contributed by atoms with Crippen LogP contribution >= 0.6 is 23.2 Å². The molecule has 11 heteroatoms. The van der Waals surface area contributed by atoms with Crippen LogP contribution in [0.3, 0.4) is 0 Å². The molecule has 7 nitrogen and oxygen atoms in total. The number of nitrogens with one attached hydrogen (secondary N) is 1. The fourth-order valence-corrected chi connectivity index (χ4v) is 5.12. The van der Waals surface area contributed by atoms with Crippen molar-refractivity contribution in [3.8, 4) is 0 Å². The van der Waals surface area contributed by atoms with Gasteiger partial charge in [-0.3, -0.25) is 13.9 Å². The third-order valence-corrected chi connectivity index (χ3v) is 7.87. The highest BCUT2D eigenvalue weighted by molar-refractivity contribution is 7.92. The number of sulfonamides is 1. The lowest BCUT2D eigenvalue weighted by molar-refractivity contribution is -0.140. The van der Waals surface area contributed by atoms with Gasteiger partial charge < -0.3 is 10.2 Å². The van der Waals surface area contributed by atoms with E-state index in [4.69, 9.17) is 23.2 Å². The van der Waals surface area contributed by atoms with Crippen molar-refractivity contribution in [1.82, 2.24) is 10.2 Å². The molecule has 0 heterocycles. The zero-order valence-corrected chi connectivity index (χ0v) is 23.9. The van der Waals surface area contributed by atoms with Crippen molar-refractivity contribution < 1.29 is 22.4 Å². The Labute approximate surface area is 238 Å². The summed E-state index contributed by atoms with van der Waals surface area (Å²) in [5.74, 6) is -1.67. The second-order valence-corrected chi connectivity index (χ2v) is 11.7. The van der Waals surface area contributed by atoms with Crippen LogP contribution in [-0.2, 0) is 32.6 Å². The summed E-state index contributed by atoms with van der Waals surface area (Å²) < 4.78 is 41.2. The first-order valence-electron chi connectivity index (χ1n) is 12.3. The van der Waals surface area contributed by atoms with Crippen LogP contribution in [0.4, 0.5) is 10.1 Å². The Kier molecular flexibility index (Phi) is 10.7. The molecule has 0 aromatic heterocycles. The van der Waals surface area contributed by atoms with Crippen LogP contribution < -0.4 is 9.62 Å². The maximum absolute atomic E-state index is 14.7. The van der Waals surface area contributed by atoms with Gasteiger partial charge in [0.05, 0.1) is 22.0 Å². The molecular weight excluding hydrogens is 564 g/mol. The van der Waals surface area contributed by atoms with E-state index in [1.165, 1.54) is 41.3 Å². The second kappa shape index (κ2) is 13.8. The number of carbonyl (C=O) groups is 2. The molecule has 0 aliphatic heterocycles. The first kappa shape index (κ1) is 30.4. The summed E-state index contributed by atoms with van der Waals surface area (Å²) in [6.45, 7) is 1.39. The smallest absolute Gasteiger partial charge is 0.244 e. The number of carbonyl (C=O) groups excluding carboxylic acids is 2. The van der Waals surface area contributed by atoms with Gasteiger partial charge in [0.1, 0.15) is 18.4 Å². The van der Waals surface area contributed by atoms with Gasteiger partial charge in [0, 0.05) is 25.1 Å². The third-order valence-electron chi connectivity index (χ3n) is 5.99. The molecule has 0 aliphatic rings. The Morgan fingerprint density at radius 2 is 1.64 bits per heavy atom. The van der Waals surface area contributed by atoms with Crippen LogP contribution in [0.1, 0.15) is 24.5 Å². The van der Waals surface area contributed by atoms with Crippen molar-refractivity contribution in [3.63, 3.8) is 0 Å². The quantitative estimate of drug-likeness (QED) is 0.318. The standard InChI is InChI=1S/C28H30Cl2FN3O4S/c1-3-15-32-28(36)26(16-20-9-5-4-6-10-20)33(18-21-11-7-8-12-25(21)31)27(35)19-34(39(2,37)38)22-13-14-23(29)24(30)17-22/h4-14,17,26H,3,15-16,18-19H2,1-2H3,(H,32,36)/t26-/m0/s1. The first-order chi connectivity index (χ1) is 18.5. The fraction of sp³-hybridized carbons (Fsp3) is 0.286. The molecule has 39 heavy (non-hydrogen) atoms. The molecular formula is C28H30Cl2FN3O4S. The number of hydrogen-bond donors (Lipinski definition) is 1. The van der Waals surface area contributed by atoms with Gasteiger partial charge in [-0.15, -0.1) is 0 Å². The van der Waals surface area contributed by atoms with Crippen molar-refractivity contribution in [2.24, 2.45) is 0 Å². The zero-order valence-electron chi connectivity index (χ0n) is 21.6. The largest absolute Gasteiger partial charge is 0.354 e. The number of rotatable bonds is 12. The van der Waals surface area contributed by atoms with E-state index in [0.29, 0.717) is 13.0 Å².